The average Bonchev–Trinajstić information content (AvgIpc) is 3.32. The molecule has 0 bridgehead atoms. The second-order valence-corrected chi connectivity index (χ2v) is 5.96. The number of furan rings is 1. The van der Waals surface area contributed by atoms with E-state index in [-0.39, 0.29) is 11.6 Å². The Morgan fingerprint density at radius 2 is 1.86 bits per heavy atom. The molecule has 7 nitrogen and oxygen atoms in total. The lowest BCUT2D eigenvalue weighted by molar-refractivity contribution is -0.110. The van der Waals surface area contributed by atoms with Crippen molar-refractivity contribution in [3.63, 3.8) is 0 Å². The van der Waals surface area contributed by atoms with Crippen LogP contribution in [-0.4, -0.2) is 30.9 Å². The van der Waals surface area contributed by atoms with Gasteiger partial charge < -0.3 is 14.5 Å². The molecule has 4 rings (SSSR count). The number of nitrogens with one attached hydrogen (secondary N) is 1. The predicted octanol–water partition coefficient (Wildman–Crippen LogP) is 3.51. The Hall–Kier alpha value is -4.00. The number of methoxy groups -OCH3 is 1. The second-order valence-electron chi connectivity index (χ2n) is 5.96. The van der Waals surface area contributed by atoms with Gasteiger partial charge >= 0.3 is 5.97 Å². The number of ether oxygens (including phenoxy) is 1. The molecule has 0 unspecified atom stereocenters. The number of rotatable bonds is 4. The maximum atomic E-state index is 12.0. The Bertz CT molecular complexity index is 1110. The molecule has 0 saturated carbocycles. The highest BCUT2D eigenvalue weighted by atomic mass is 16.5. The third kappa shape index (κ3) is 3.33. The number of fused-ring (bicyclic) bond motifs is 1. The Kier molecular flexibility index (Phi) is 4.55. The molecular weight excluding hydrogens is 358 g/mol. The molecule has 0 atom stereocenters. The van der Waals surface area contributed by atoms with Crippen LogP contribution < -0.4 is 5.32 Å². The fourth-order valence-corrected chi connectivity index (χ4v) is 2.81. The van der Waals surface area contributed by atoms with Gasteiger partial charge in [-0.1, -0.05) is 30.3 Å². The van der Waals surface area contributed by atoms with Gasteiger partial charge in [-0.15, -0.1) is 5.10 Å². The number of carbonyl (C=O) groups is 2. The maximum absolute atomic E-state index is 12.0. The van der Waals surface area contributed by atoms with Crippen LogP contribution in [0.1, 0.15) is 21.7 Å². The number of hydrogen-bond donors (Lipinski definition) is 1. The van der Waals surface area contributed by atoms with Crippen molar-refractivity contribution in [2.45, 2.75) is 0 Å². The number of esters is 1. The number of amides is 1. The van der Waals surface area contributed by atoms with Crippen molar-refractivity contribution >= 4 is 29.5 Å². The van der Waals surface area contributed by atoms with Crippen molar-refractivity contribution < 1.29 is 18.7 Å². The number of carbonyl (C=O) groups excluding carboxylic acids is 2. The molecule has 1 aliphatic heterocycles. The summed E-state index contributed by atoms with van der Waals surface area (Å²) in [7, 11) is 1.34. The summed E-state index contributed by atoms with van der Waals surface area (Å²) in [6.07, 6.45) is 1.44. The summed E-state index contributed by atoms with van der Waals surface area (Å²) in [4.78, 5) is 23.5. The topological polar surface area (TPSA) is 93.3 Å². The number of nitrogens with zero attached hydrogens (tertiary/aromatic N) is 2. The van der Waals surface area contributed by atoms with E-state index in [1.807, 2.05) is 24.3 Å². The monoisotopic (exact) mass is 373 g/mol. The summed E-state index contributed by atoms with van der Waals surface area (Å²) < 4.78 is 10.4. The summed E-state index contributed by atoms with van der Waals surface area (Å²) in [5, 5.41) is 10.7. The van der Waals surface area contributed by atoms with E-state index in [1.165, 1.54) is 13.3 Å². The molecule has 0 aliphatic carbocycles. The number of para-hydroxylation sites is 1. The van der Waals surface area contributed by atoms with Crippen LogP contribution in [0.5, 0.6) is 0 Å². The summed E-state index contributed by atoms with van der Waals surface area (Å²) in [6, 6.07) is 17.7. The first-order chi connectivity index (χ1) is 13.7. The molecule has 138 valence electrons. The van der Waals surface area contributed by atoms with Crippen LogP contribution >= 0.6 is 0 Å². The summed E-state index contributed by atoms with van der Waals surface area (Å²) in [5.74, 6) is 0.428. The Morgan fingerprint density at radius 3 is 2.64 bits per heavy atom. The largest absolute Gasteiger partial charge is 0.465 e. The summed E-state index contributed by atoms with van der Waals surface area (Å²) >= 11 is 0. The summed E-state index contributed by atoms with van der Waals surface area (Å²) in [6.45, 7) is 0. The van der Waals surface area contributed by atoms with Gasteiger partial charge in [0.2, 0.25) is 0 Å². The Balaban J connectivity index is 1.51. The smallest absolute Gasteiger partial charge is 0.337 e. The lowest BCUT2D eigenvalue weighted by atomic mass is 10.1. The number of anilines is 1. The maximum Gasteiger partial charge on any atom is 0.337 e. The lowest BCUT2D eigenvalue weighted by Gasteiger charge is -2.00. The van der Waals surface area contributed by atoms with Gasteiger partial charge in [-0.3, -0.25) is 4.79 Å². The average molecular weight is 373 g/mol. The van der Waals surface area contributed by atoms with E-state index in [2.05, 4.69) is 20.3 Å². The van der Waals surface area contributed by atoms with E-state index in [4.69, 9.17) is 4.42 Å². The SMILES string of the molecule is COC(=O)c1ccc(-c2ccc(/C=N/N=C3\C(=O)Nc4ccccc43)o2)cc1. The Morgan fingerprint density at radius 1 is 1.07 bits per heavy atom. The zero-order valence-electron chi connectivity index (χ0n) is 14.9. The molecule has 2 aromatic carbocycles. The van der Waals surface area contributed by atoms with E-state index >= 15 is 0 Å². The van der Waals surface area contributed by atoms with Crippen molar-refractivity contribution in [1.82, 2.24) is 0 Å². The molecule has 1 amide bonds. The standard InChI is InChI=1S/C21H15N3O4/c1-27-21(26)14-8-6-13(7-9-14)18-11-10-15(28-18)12-22-24-19-16-4-2-3-5-17(16)23-20(19)25/h2-12H,1H3,(H,23,24,25)/b22-12+. The molecule has 0 saturated heterocycles. The minimum absolute atomic E-state index is 0.261. The first-order valence-corrected chi connectivity index (χ1v) is 8.46. The number of benzene rings is 2. The molecule has 3 aromatic rings. The van der Waals surface area contributed by atoms with Crippen molar-refractivity contribution in [1.29, 1.82) is 0 Å². The normalized spacial score (nSPS) is 14.3. The zero-order chi connectivity index (χ0) is 19.5. The van der Waals surface area contributed by atoms with Crippen LogP contribution in [0.2, 0.25) is 0 Å². The van der Waals surface area contributed by atoms with Gasteiger partial charge in [-0.05, 0) is 30.3 Å². The van der Waals surface area contributed by atoms with Gasteiger partial charge in [0, 0.05) is 11.1 Å². The first-order valence-electron chi connectivity index (χ1n) is 8.46. The lowest BCUT2D eigenvalue weighted by Crippen LogP contribution is -2.13. The van der Waals surface area contributed by atoms with Crippen LogP contribution in [0.3, 0.4) is 0 Å². The van der Waals surface area contributed by atoms with Crippen LogP contribution in [0.25, 0.3) is 11.3 Å². The highest BCUT2D eigenvalue weighted by Crippen LogP contribution is 2.24. The van der Waals surface area contributed by atoms with Gasteiger partial charge in [0.15, 0.2) is 5.71 Å². The molecule has 0 fully saturated rings. The van der Waals surface area contributed by atoms with Crippen molar-refractivity contribution in [3.05, 3.63) is 77.6 Å². The number of hydrogen-bond acceptors (Lipinski definition) is 6. The van der Waals surface area contributed by atoms with E-state index in [0.717, 1.165) is 16.8 Å². The third-order valence-corrected chi connectivity index (χ3v) is 4.21. The van der Waals surface area contributed by atoms with Gasteiger partial charge in [0.05, 0.1) is 24.6 Å². The molecule has 1 N–H and O–H groups in total. The van der Waals surface area contributed by atoms with Crippen LogP contribution in [0.4, 0.5) is 5.69 Å². The van der Waals surface area contributed by atoms with Crippen LogP contribution in [-0.2, 0) is 9.53 Å². The van der Waals surface area contributed by atoms with Crippen LogP contribution in [0, 0.1) is 0 Å². The molecule has 1 aromatic heterocycles. The molecule has 28 heavy (non-hydrogen) atoms. The molecular formula is C21H15N3O4. The predicted molar refractivity (Wildman–Crippen MR) is 105 cm³/mol. The highest BCUT2D eigenvalue weighted by molar-refractivity contribution is 6.53. The molecule has 0 spiro atoms. The quantitative estimate of drug-likeness (QED) is 0.430. The van der Waals surface area contributed by atoms with E-state index < -0.39 is 5.97 Å². The Labute approximate surface area is 160 Å². The molecule has 2 heterocycles. The third-order valence-electron chi connectivity index (χ3n) is 4.21. The van der Waals surface area contributed by atoms with Gasteiger partial charge in [-0.25, -0.2) is 4.79 Å². The van der Waals surface area contributed by atoms with Crippen molar-refractivity contribution in [2.24, 2.45) is 10.2 Å². The van der Waals surface area contributed by atoms with Gasteiger partial charge in [0.1, 0.15) is 11.5 Å². The first kappa shape index (κ1) is 17.4. The van der Waals surface area contributed by atoms with Crippen molar-refractivity contribution in [2.75, 3.05) is 12.4 Å². The van der Waals surface area contributed by atoms with E-state index in [1.54, 1.807) is 36.4 Å². The molecule has 1 aliphatic rings. The minimum atomic E-state index is -0.393. The van der Waals surface area contributed by atoms with Gasteiger partial charge in [-0.2, -0.15) is 5.10 Å². The van der Waals surface area contributed by atoms with Crippen LogP contribution in [0.15, 0.2) is 75.3 Å². The molecule has 0 radical (unpaired) electrons. The minimum Gasteiger partial charge on any atom is -0.465 e. The van der Waals surface area contributed by atoms with E-state index in [9.17, 15) is 9.59 Å². The van der Waals surface area contributed by atoms with Crippen molar-refractivity contribution in [3.8, 4) is 11.3 Å². The fourth-order valence-electron chi connectivity index (χ4n) is 2.81. The molecule has 7 heteroatoms. The van der Waals surface area contributed by atoms with Gasteiger partial charge in [0.25, 0.3) is 5.91 Å². The highest BCUT2D eigenvalue weighted by Gasteiger charge is 2.25. The summed E-state index contributed by atoms with van der Waals surface area (Å²) in [5.41, 5.74) is 2.97. The van der Waals surface area contributed by atoms with E-state index in [0.29, 0.717) is 17.1 Å². The fraction of sp³-hybridized carbons (Fsp3) is 0.0476. The zero-order valence-corrected chi connectivity index (χ0v) is 14.9. The second kappa shape index (κ2) is 7.32.